The molecule has 2 aromatic heterocycles. The van der Waals surface area contributed by atoms with E-state index in [4.69, 9.17) is 0 Å². The zero-order chi connectivity index (χ0) is 18.7. The molecule has 0 saturated carbocycles. The minimum Gasteiger partial charge on any atom is -0.503 e. The highest BCUT2D eigenvalue weighted by Gasteiger charge is 2.43. The van der Waals surface area contributed by atoms with E-state index in [1.54, 1.807) is 36.8 Å². The molecular formula is C20H21N3O3. The number of carbonyl (C=O) groups is 2. The standard InChI is InChI=1S/C20H21N3O3/c1-13(2)11-16(24)17-18(14-6-9-21-10-7-14)23(20(26)19(17)25)12-15-5-3-4-8-22-15/h3-10,13,18,25H,11-12H2,1-2H3. The fourth-order valence-corrected chi connectivity index (χ4v) is 3.14. The third-order valence-electron chi connectivity index (χ3n) is 4.28. The summed E-state index contributed by atoms with van der Waals surface area (Å²) in [4.78, 5) is 35.2. The van der Waals surface area contributed by atoms with Crippen LogP contribution < -0.4 is 0 Å². The summed E-state index contributed by atoms with van der Waals surface area (Å²) in [5, 5.41) is 10.5. The number of hydrogen-bond donors (Lipinski definition) is 1. The van der Waals surface area contributed by atoms with Gasteiger partial charge >= 0.3 is 0 Å². The van der Waals surface area contributed by atoms with Crippen LogP contribution in [0.25, 0.3) is 0 Å². The molecule has 1 atom stereocenters. The Labute approximate surface area is 152 Å². The monoisotopic (exact) mass is 351 g/mol. The van der Waals surface area contributed by atoms with E-state index in [9.17, 15) is 14.7 Å². The zero-order valence-electron chi connectivity index (χ0n) is 14.8. The maximum Gasteiger partial charge on any atom is 0.290 e. The van der Waals surface area contributed by atoms with Crippen molar-refractivity contribution in [3.8, 4) is 0 Å². The fraction of sp³-hybridized carbons (Fsp3) is 0.300. The maximum atomic E-state index is 12.8. The highest BCUT2D eigenvalue weighted by atomic mass is 16.3. The molecule has 2 aromatic rings. The Morgan fingerprint density at radius 1 is 1.19 bits per heavy atom. The Morgan fingerprint density at radius 3 is 2.54 bits per heavy atom. The van der Waals surface area contributed by atoms with Gasteiger partial charge in [-0.1, -0.05) is 19.9 Å². The number of pyridine rings is 2. The second-order valence-corrected chi connectivity index (χ2v) is 6.72. The van der Waals surface area contributed by atoms with Gasteiger partial charge in [0.2, 0.25) is 0 Å². The number of nitrogens with zero attached hydrogens (tertiary/aromatic N) is 3. The molecule has 6 heteroatoms. The Balaban J connectivity index is 2.02. The first-order chi connectivity index (χ1) is 12.5. The highest BCUT2D eigenvalue weighted by molar-refractivity contribution is 6.08. The van der Waals surface area contributed by atoms with Gasteiger partial charge < -0.3 is 10.0 Å². The molecule has 6 nitrogen and oxygen atoms in total. The summed E-state index contributed by atoms with van der Waals surface area (Å²) in [6.45, 7) is 4.06. The van der Waals surface area contributed by atoms with Crippen LogP contribution in [0.1, 0.15) is 37.6 Å². The second kappa shape index (κ2) is 7.47. The van der Waals surface area contributed by atoms with Gasteiger partial charge in [-0.25, -0.2) is 0 Å². The van der Waals surface area contributed by atoms with Gasteiger partial charge in [-0.2, -0.15) is 0 Å². The molecule has 0 aromatic carbocycles. The molecule has 0 bridgehead atoms. The van der Waals surface area contributed by atoms with Crippen LogP contribution in [0.2, 0.25) is 0 Å². The van der Waals surface area contributed by atoms with Gasteiger partial charge in [0.1, 0.15) is 0 Å². The molecule has 1 aliphatic heterocycles. The molecule has 0 saturated heterocycles. The molecule has 26 heavy (non-hydrogen) atoms. The highest BCUT2D eigenvalue weighted by Crippen LogP contribution is 2.39. The van der Waals surface area contributed by atoms with E-state index >= 15 is 0 Å². The Morgan fingerprint density at radius 2 is 1.92 bits per heavy atom. The van der Waals surface area contributed by atoms with Crippen molar-refractivity contribution in [2.45, 2.75) is 32.9 Å². The van der Waals surface area contributed by atoms with Gasteiger partial charge in [0.15, 0.2) is 11.5 Å². The number of Topliss-reactive ketones (excluding diaryl/α,β-unsaturated/α-hetero) is 1. The minimum absolute atomic E-state index is 0.126. The van der Waals surface area contributed by atoms with Gasteiger partial charge in [-0.15, -0.1) is 0 Å². The quantitative estimate of drug-likeness (QED) is 0.865. The molecule has 3 rings (SSSR count). The number of aliphatic hydroxyl groups excluding tert-OH is 1. The zero-order valence-corrected chi connectivity index (χ0v) is 14.8. The van der Waals surface area contributed by atoms with Crippen LogP contribution in [0.4, 0.5) is 0 Å². The van der Waals surface area contributed by atoms with Crippen molar-refractivity contribution in [3.63, 3.8) is 0 Å². The Kier molecular flexibility index (Phi) is 5.11. The number of aromatic nitrogens is 2. The third kappa shape index (κ3) is 3.49. The molecule has 0 spiro atoms. The first-order valence-corrected chi connectivity index (χ1v) is 8.56. The topological polar surface area (TPSA) is 83.4 Å². The predicted molar refractivity (Wildman–Crippen MR) is 95.9 cm³/mol. The summed E-state index contributed by atoms with van der Waals surface area (Å²) in [6, 6.07) is 8.31. The van der Waals surface area contributed by atoms with Crippen LogP contribution in [0.5, 0.6) is 0 Å². The van der Waals surface area contributed by atoms with Crippen molar-refractivity contribution in [1.29, 1.82) is 0 Å². The Bertz CT molecular complexity index is 832. The Hall–Kier alpha value is -3.02. The van der Waals surface area contributed by atoms with E-state index in [-0.39, 0.29) is 30.2 Å². The fourth-order valence-electron chi connectivity index (χ4n) is 3.14. The third-order valence-corrected chi connectivity index (χ3v) is 4.28. The van der Waals surface area contributed by atoms with Gasteiger partial charge in [0, 0.05) is 25.0 Å². The second-order valence-electron chi connectivity index (χ2n) is 6.72. The van der Waals surface area contributed by atoms with E-state index < -0.39 is 17.7 Å². The van der Waals surface area contributed by atoms with Crippen molar-refractivity contribution in [2.24, 2.45) is 5.92 Å². The molecular weight excluding hydrogens is 330 g/mol. The van der Waals surface area contributed by atoms with E-state index in [0.717, 1.165) is 5.56 Å². The van der Waals surface area contributed by atoms with Gasteiger partial charge in [0.05, 0.1) is 23.9 Å². The van der Waals surface area contributed by atoms with Crippen LogP contribution in [-0.2, 0) is 16.1 Å². The maximum absolute atomic E-state index is 12.8. The molecule has 1 amide bonds. The van der Waals surface area contributed by atoms with Crippen molar-refractivity contribution < 1.29 is 14.7 Å². The smallest absolute Gasteiger partial charge is 0.290 e. The first-order valence-electron chi connectivity index (χ1n) is 8.56. The molecule has 1 aliphatic rings. The number of aliphatic hydroxyl groups is 1. The number of ketones is 1. The minimum atomic E-state index is -0.640. The van der Waals surface area contributed by atoms with Crippen molar-refractivity contribution in [1.82, 2.24) is 14.9 Å². The van der Waals surface area contributed by atoms with Crippen LogP contribution in [0.15, 0.2) is 60.3 Å². The van der Waals surface area contributed by atoms with Crippen molar-refractivity contribution in [3.05, 3.63) is 71.5 Å². The molecule has 3 heterocycles. The van der Waals surface area contributed by atoms with Crippen LogP contribution in [-0.4, -0.2) is 31.7 Å². The predicted octanol–water partition coefficient (Wildman–Crippen LogP) is 2.99. The first kappa shape index (κ1) is 17.8. The lowest BCUT2D eigenvalue weighted by molar-refractivity contribution is -0.130. The number of hydrogen-bond acceptors (Lipinski definition) is 5. The summed E-state index contributed by atoms with van der Waals surface area (Å²) in [7, 11) is 0. The van der Waals surface area contributed by atoms with Gasteiger partial charge in [-0.3, -0.25) is 19.6 Å². The summed E-state index contributed by atoms with van der Waals surface area (Å²) >= 11 is 0. The van der Waals surface area contributed by atoms with Crippen molar-refractivity contribution >= 4 is 11.7 Å². The SMILES string of the molecule is CC(C)CC(=O)C1=C(O)C(=O)N(Cc2ccccn2)C1c1ccncc1. The van der Waals surface area contributed by atoms with Crippen LogP contribution in [0, 0.1) is 5.92 Å². The van der Waals surface area contributed by atoms with Gasteiger partial charge in [0.25, 0.3) is 5.91 Å². The summed E-state index contributed by atoms with van der Waals surface area (Å²) in [6.07, 6.45) is 5.14. The summed E-state index contributed by atoms with van der Waals surface area (Å²) in [5.74, 6) is -1.10. The lowest BCUT2D eigenvalue weighted by Gasteiger charge is -2.26. The lowest BCUT2D eigenvalue weighted by Crippen LogP contribution is -2.31. The van der Waals surface area contributed by atoms with E-state index in [0.29, 0.717) is 5.69 Å². The number of carbonyl (C=O) groups excluding carboxylic acids is 2. The molecule has 0 aliphatic carbocycles. The van der Waals surface area contributed by atoms with Crippen molar-refractivity contribution in [2.75, 3.05) is 0 Å². The molecule has 1 N–H and O–H groups in total. The normalized spacial score (nSPS) is 17.3. The number of amides is 1. The molecule has 134 valence electrons. The number of rotatable bonds is 6. The largest absolute Gasteiger partial charge is 0.503 e. The van der Waals surface area contributed by atoms with Crippen LogP contribution >= 0.6 is 0 Å². The average molecular weight is 351 g/mol. The van der Waals surface area contributed by atoms with E-state index in [1.807, 2.05) is 26.0 Å². The molecule has 1 unspecified atom stereocenters. The summed E-state index contributed by atoms with van der Waals surface area (Å²) in [5.41, 5.74) is 1.58. The molecule has 0 radical (unpaired) electrons. The average Bonchev–Trinajstić information content (AvgIpc) is 2.88. The van der Waals surface area contributed by atoms with Crippen LogP contribution in [0.3, 0.4) is 0 Å². The van der Waals surface area contributed by atoms with Gasteiger partial charge in [-0.05, 0) is 35.7 Å². The van der Waals surface area contributed by atoms with E-state index in [1.165, 1.54) is 4.90 Å². The lowest BCUT2D eigenvalue weighted by atomic mass is 9.92. The summed E-state index contributed by atoms with van der Waals surface area (Å²) < 4.78 is 0. The molecule has 0 fully saturated rings. The van der Waals surface area contributed by atoms with E-state index in [2.05, 4.69) is 9.97 Å².